The fourth-order valence-electron chi connectivity index (χ4n) is 1.44. The molecule has 2 atom stereocenters. The predicted octanol–water partition coefficient (Wildman–Crippen LogP) is 1.30. The molecule has 0 saturated carbocycles. The molecular weight excluding hydrogens is 260 g/mol. The summed E-state index contributed by atoms with van der Waals surface area (Å²) in [5, 5.41) is 14.1. The van der Waals surface area contributed by atoms with E-state index in [0.717, 1.165) is 12.8 Å². The van der Waals surface area contributed by atoms with Gasteiger partial charge >= 0.3 is 5.97 Å². The van der Waals surface area contributed by atoms with Crippen LogP contribution in [0, 0.1) is 5.41 Å². The Bertz CT molecular complexity index is 361. The molecule has 0 bridgehead atoms. The molecule has 6 heteroatoms. The minimum Gasteiger partial charge on any atom is -0.480 e. The van der Waals surface area contributed by atoms with Crippen LogP contribution in [0.2, 0.25) is 0 Å². The van der Waals surface area contributed by atoms with Crippen molar-refractivity contribution in [2.75, 3.05) is 0 Å². The first-order valence-corrected chi connectivity index (χ1v) is 6.93. The number of aliphatic carboxylic acids is 1. The van der Waals surface area contributed by atoms with E-state index in [4.69, 9.17) is 5.11 Å². The molecule has 0 aromatic heterocycles. The zero-order chi connectivity index (χ0) is 15.9. The van der Waals surface area contributed by atoms with Crippen LogP contribution in [-0.2, 0) is 14.4 Å². The van der Waals surface area contributed by atoms with Gasteiger partial charge in [0.1, 0.15) is 12.1 Å². The SMILES string of the molecule is CCCC[C@@H](NC(=O)[C@H](C)NC(=O)C(C)(C)C)C(=O)O. The van der Waals surface area contributed by atoms with Crippen molar-refractivity contribution in [3.63, 3.8) is 0 Å². The van der Waals surface area contributed by atoms with E-state index in [-0.39, 0.29) is 5.91 Å². The van der Waals surface area contributed by atoms with Crippen LogP contribution in [0.25, 0.3) is 0 Å². The summed E-state index contributed by atoms with van der Waals surface area (Å²) in [6.45, 7) is 8.72. The Hall–Kier alpha value is -1.59. The van der Waals surface area contributed by atoms with Crippen molar-refractivity contribution in [2.45, 2.75) is 66.0 Å². The minimum atomic E-state index is -1.05. The van der Waals surface area contributed by atoms with E-state index in [9.17, 15) is 14.4 Å². The number of carboxylic acids is 1. The molecule has 0 aromatic carbocycles. The summed E-state index contributed by atoms with van der Waals surface area (Å²) in [6, 6.07) is -1.67. The van der Waals surface area contributed by atoms with E-state index >= 15 is 0 Å². The van der Waals surface area contributed by atoms with Crippen LogP contribution in [0.4, 0.5) is 0 Å². The molecule has 2 amide bonds. The molecule has 6 nitrogen and oxygen atoms in total. The second kappa shape index (κ2) is 7.87. The van der Waals surface area contributed by atoms with E-state index in [1.807, 2.05) is 6.92 Å². The average molecular weight is 286 g/mol. The first kappa shape index (κ1) is 18.4. The number of hydrogen-bond acceptors (Lipinski definition) is 3. The minimum absolute atomic E-state index is 0.249. The van der Waals surface area contributed by atoms with E-state index in [2.05, 4.69) is 10.6 Å². The summed E-state index contributed by atoms with van der Waals surface area (Å²) in [5.41, 5.74) is -0.594. The van der Waals surface area contributed by atoms with Gasteiger partial charge in [0.15, 0.2) is 0 Å². The van der Waals surface area contributed by atoms with E-state index in [1.54, 1.807) is 20.8 Å². The molecule has 0 saturated heterocycles. The summed E-state index contributed by atoms with van der Waals surface area (Å²) in [5.74, 6) is -1.78. The van der Waals surface area contributed by atoms with Gasteiger partial charge in [0.25, 0.3) is 0 Å². The number of unbranched alkanes of at least 4 members (excludes halogenated alkanes) is 1. The lowest BCUT2D eigenvalue weighted by atomic mass is 9.95. The average Bonchev–Trinajstić information content (AvgIpc) is 2.32. The van der Waals surface area contributed by atoms with Crippen LogP contribution in [-0.4, -0.2) is 35.0 Å². The van der Waals surface area contributed by atoms with E-state index in [0.29, 0.717) is 6.42 Å². The number of carbonyl (C=O) groups is 3. The number of carbonyl (C=O) groups excluding carboxylic acids is 2. The molecule has 0 rings (SSSR count). The highest BCUT2D eigenvalue weighted by Crippen LogP contribution is 2.12. The Morgan fingerprint density at radius 3 is 2.10 bits per heavy atom. The summed E-state index contributed by atoms with van der Waals surface area (Å²) in [6.07, 6.45) is 1.97. The molecule has 116 valence electrons. The summed E-state index contributed by atoms with van der Waals surface area (Å²) < 4.78 is 0. The Morgan fingerprint density at radius 1 is 1.15 bits per heavy atom. The topological polar surface area (TPSA) is 95.5 Å². The highest BCUT2D eigenvalue weighted by Gasteiger charge is 2.27. The number of nitrogens with one attached hydrogen (secondary N) is 2. The van der Waals surface area contributed by atoms with Crippen LogP contribution < -0.4 is 10.6 Å². The molecule has 3 N–H and O–H groups in total. The highest BCUT2D eigenvalue weighted by molar-refractivity contribution is 5.91. The first-order valence-electron chi connectivity index (χ1n) is 6.93. The maximum absolute atomic E-state index is 11.9. The van der Waals surface area contributed by atoms with Gasteiger partial charge in [-0.1, -0.05) is 40.5 Å². The summed E-state index contributed by atoms with van der Waals surface area (Å²) in [7, 11) is 0. The van der Waals surface area contributed by atoms with Gasteiger partial charge in [-0.25, -0.2) is 4.79 Å². The first-order chi connectivity index (χ1) is 9.09. The van der Waals surface area contributed by atoms with Crippen LogP contribution >= 0.6 is 0 Å². The predicted molar refractivity (Wildman–Crippen MR) is 76.2 cm³/mol. The Morgan fingerprint density at radius 2 is 1.70 bits per heavy atom. The normalized spacial score (nSPS) is 14.2. The molecule has 0 radical (unpaired) electrons. The van der Waals surface area contributed by atoms with Gasteiger partial charge in [0, 0.05) is 5.41 Å². The van der Waals surface area contributed by atoms with E-state index in [1.165, 1.54) is 6.92 Å². The quantitative estimate of drug-likeness (QED) is 0.657. The van der Waals surface area contributed by atoms with Crippen molar-refractivity contribution in [1.82, 2.24) is 10.6 Å². The van der Waals surface area contributed by atoms with Crippen LogP contribution in [0.5, 0.6) is 0 Å². The lowest BCUT2D eigenvalue weighted by Gasteiger charge is -2.23. The molecule has 0 aliphatic rings. The van der Waals surface area contributed by atoms with Crippen molar-refractivity contribution < 1.29 is 19.5 Å². The third-order valence-electron chi connectivity index (χ3n) is 2.88. The number of carboxylic acid groups (broad SMARTS) is 1. The second-order valence-corrected chi connectivity index (χ2v) is 5.99. The number of rotatable bonds is 7. The number of amides is 2. The second-order valence-electron chi connectivity index (χ2n) is 5.99. The van der Waals surface area contributed by atoms with Crippen LogP contribution in [0.15, 0.2) is 0 Å². The fourth-order valence-corrected chi connectivity index (χ4v) is 1.44. The Labute approximate surface area is 120 Å². The maximum Gasteiger partial charge on any atom is 0.326 e. The van der Waals surface area contributed by atoms with Crippen molar-refractivity contribution >= 4 is 17.8 Å². The van der Waals surface area contributed by atoms with Gasteiger partial charge in [-0.15, -0.1) is 0 Å². The Balaban J connectivity index is 4.50. The van der Waals surface area contributed by atoms with Crippen molar-refractivity contribution in [2.24, 2.45) is 5.41 Å². The molecule has 0 unspecified atom stereocenters. The molecule has 0 spiro atoms. The monoisotopic (exact) mass is 286 g/mol. The van der Waals surface area contributed by atoms with Gasteiger partial charge in [-0.3, -0.25) is 9.59 Å². The van der Waals surface area contributed by atoms with Crippen molar-refractivity contribution in [3.05, 3.63) is 0 Å². The van der Waals surface area contributed by atoms with Crippen LogP contribution in [0.3, 0.4) is 0 Å². The smallest absolute Gasteiger partial charge is 0.326 e. The van der Waals surface area contributed by atoms with Gasteiger partial charge in [0.05, 0.1) is 0 Å². The molecule has 0 heterocycles. The van der Waals surface area contributed by atoms with Crippen molar-refractivity contribution in [1.29, 1.82) is 0 Å². The maximum atomic E-state index is 11.9. The van der Waals surface area contributed by atoms with Gasteiger partial charge in [0.2, 0.25) is 11.8 Å². The highest BCUT2D eigenvalue weighted by atomic mass is 16.4. The van der Waals surface area contributed by atoms with E-state index < -0.39 is 29.4 Å². The molecule has 0 aromatic rings. The van der Waals surface area contributed by atoms with Gasteiger partial charge in [-0.2, -0.15) is 0 Å². The Kier molecular flexibility index (Phi) is 7.24. The largest absolute Gasteiger partial charge is 0.480 e. The number of hydrogen-bond donors (Lipinski definition) is 3. The zero-order valence-electron chi connectivity index (χ0n) is 12.9. The fraction of sp³-hybridized carbons (Fsp3) is 0.786. The molecule has 0 fully saturated rings. The standard InChI is InChI=1S/C14H26N2O4/c1-6-7-8-10(12(18)19)16-11(17)9(2)15-13(20)14(3,4)5/h9-10H,6-8H2,1-5H3,(H,15,20)(H,16,17)(H,18,19)/t9-,10+/m0/s1. The molecular formula is C14H26N2O4. The molecule has 0 aliphatic carbocycles. The van der Waals surface area contributed by atoms with Crippen LogP contribution in [0.1, 0.15) is 53.9 Å². The summed E-state index contributed by atoms with van der Waals surface area (Å²) in [4.78, 5) is 34.7. The zero-order valence-corrected chi connectivity index (χ0v) is 12.9. The lowest BCUT2D eigenvalue weighted by Crippen LogP contribution is -2.52. The lowest BCUT2D eigenvalue weighted by molar-refractivity contribution is -0.142. The molecule has 20 heavy (non-hydrogen) atoms. The van der Waals surface area contributed by atoms with Gasteiger partial charge in [-0.05, 0) is 13.3 Å². The third-order valence-corrected chi connectivity index (χ3v) is 2.88. The summed E-state index contributed by atoms with van der Waals surface area (Å²) >= 11 is 0. The van der Waals surface area contributed by atoms with Crippen molar-refractivity contribution in [3.8, 4) is 0 Å². The molecule has 0 aliphatic heterocycles. The van der Waals surface area contributed by atoms with Gasteiger partial charge < -0.3 is 15.7 Å². The third kappa shape index (κ3) is 6.54.